The van der Waals surface area contributed by atoms with Crippen molar-refractivity contribution in [2.75, 3.05) is 6.61 Å². The zero-order chi connectivity index (χ0) is 16.4. The molecule has 1 N–H and O–H groups in total. The van der Waals surface area contributed by atoms with Crippen molar-refractivity contribution < 1.29 is 27.5 Å². The van der Waals surface area contributed by atoms with Crippen LogP contribution in [0.1, 0.15) is 58.4 Å². The van der Waals surface area contributed by atoms with Crippen LogP contribution in [-0.4, -0.2) is 34.1 Å². The lowest BCUT2D eigenvalue weighted by Crippen LogP contribution is -2.33. The van der Waals surface area contributed by atoms with E-state index in [4.69, 9.17) is 9.26 Å². The van der Waals surface area contributed by atoms with Gasteiger partial charge in [0.15, 0.2) is 6.10 Å². The zero-order valence-corrected chi connectivity index (χ0v) is 12.7. The number of hydrogen-bond donors (Lipinski definition) is 1. The first-order chi connectivity index (χ1) is 9.48. The molecule has 0 fully saturated rings. The molecular formula is C13H21F3N2O3. The molecule has 21 heavy (non-hydrogen) atoms. The van der Waals surface area contributed by atoms with E-state index < -0.39 is 24.3 Å². The summed E-state index contributed by atoms with van der Waals surface area (Å²) in [6.45, 7) is 9.09. The van der Waals surface area contributed by atoms with Crippen molar-refractivity contribution in [1.82, 2.24) is 10.1 Å². The molecule has 1 rings (SSSR count). The van der Waals surface area contributed by atoms with Crippen LogP contribution in [0.25, 0.3) is 0 Å². The van der Waals surface area contributed by atoms with Gasteiger partial charge in [-0.1, -0.05) is 32.9 Å². The molecule has 3 unspecified atom stereocenters. The molecule has 122 valence electrons. The highest BCUT2D eigenvalue weighted by Crippen LogP contribution is 2.36. The Balaban J connectivity index is 2.99. The summed E-state index contributed by atoms with van der Waals surface area (Å²) < 4.78 is 47.9. The monoisotopic (exact) mass is 310 g/mol. The average molecular weight is 310 g/mol. The number of halogens is 3. The van der Waals surface area contributed by atoms with E-state index in [2.05, 4.69) is 10.1 Å². The Morgan fingerprint density at radius 2 is 1.86 bits per heavy atom. The van der Waals surface area contributed by atoms with Crippen molar-refractivity contribution in [3.8, 4) is 0 Å². The minimum atomic E-state index is -4.74. The molecule has 5 nitrogen and oxygen atoms in total. The summed E-state index contributed by atoms with van der Waals surface area (Å²) in [5.41, 5.74) is -0.344. The Labute approximate surface area is 121 Å². The van der Waals surface area contributed by atoms with Gasteiger partial charge in [0.25, 0.3) is 0 Å². The largest absolute Gasteiger partial charge is 0.415 e. The number of aliphatic hydroxyl groups is 1. The quantitative estimate of drug-likeness (QED) is 0.904. The average Bonchev–Trinajstić information content (AvgIpc) is 2.80. The maximum absolute atomic E-state index is 12.5. The van der Waals surface area contributed by atoms with E-state index in [0.717, 1.165) is 0 Å². The minimum absolute atomic E-state index is 0.181. The first kappa shape index (κ1) is 17.9. The van der Waals surface area contributed by atoms with Crippen LogP contribution in [0.3, 0.4) is 0 Å². The van der Waals surface area contributed by atoms with Gasteiger partial charge in [0.2, 0.25) is 11.7 Å². The minimum Gasteiger partial charge on any atom is -0.383 e. The molecule has 0 aliphatic heterocycles. The van der Waals surface area contributed by atoms with E-state index in [-0.39, 0.29) is 17.1 Å². The Morgan fingerprint density at radius 1 is 1.29 bits per heavy atom. The number of nitrogens with zero attached hydrogens (tertiary/aromatic N) is 2. The summed E-state index contributed by atoms with van der Waals surface area (Å²) >= 11 is 0. The molecule has 0 amide bonds. The fourth-order valence-corrected chi connectivity index (χ4v) is 1.84. The smallest absolute Gasteiger partial charge is 0.383 e. The third-order valence-electron chi connectivity index (χ3n) is 3.01. The summed E-state index contributed by atoms with van der Waals surface area (Å²) in [5, 5.41) is 12.9. The third kappa shape index (κ3) is 4.41. The molecule has 0 aliphatic rings. The van der Waals surface area contributed by atoms with Crippen LogP contribution in [0.4, 0.5) is 13.2 Å². The van der Waals surface area contributed by atoms with Gasteiger partial charge in [-0.2, -0.15) is 18.2 Å². The van der Waals surface area contributed by atoms with E-state index in [1.54, 1.807) is 6.92 Å². The summed E-state index contributed by atoms with van der Waals surface area (Å²) in [6, 6.07) is 0. The van der Waals surface area contributed by atoms with Crippen molar-refractivity contribution >= 4 is 0 Å². The van der Waals surface area contributed by atoms with Crippen LogP contribution in [0.15, 0.2) is 4.52 Å². The summed E-state index contributed by atoms with van der Waals surface area (Å²) in [4.78, 5) is 3.97. The van der Waals surface area contributed by atoms with Crippen molar-refractivity contribution in [2.24, 2.45) is 5.41 Å². The van der Waals surface area contributed by atoms with E-state index in [9.17, 15) is 18.3 Å². The second-order valence-electron chi connectivity index (χ2n) is 5.97. The highest BCUT2D eigenvalue weighted by atomic mass is 19.4. The molecule has 3 atom stereocenters. The molecule has 0 saturated heterocycles. The van der Waals surface area contributed by atoms with Crippen molar-refractivity contribution in [3.63, 3.8) is 0 Å². The number of aromatic nitrogens is 2. The van der Waals surface area contributed by atoms with Crippen molar-refractivity contribution in [2.45, 2.75) is 58.9 Å². The first-order valence-corrected chi connectivity index (χ1v) is 6.68. The Kier molecular flexibility index (Phi) is 5.38. The van der Waals surface area contributed by atoms with Crippen molar-refractivity contribution in [3.05, 3.63) is 11.7 Å². The normalized spacial score (nSPS) is 17.6. The standard InChI is InChI=1S/C13H21F3N2O3/c1-6-20-9(12(3,4)5)10-17-11(21-18-10)7(2)8(19)13(14,15)16/h7-9,19H,6H2,1-5H3. The van der Waals surface area contributed by atoms with E-state index in [1.165, 1.54) is 6.92 Å². The summed E-state index contributed by atoms with van der Waals surface area (Å²) in [7, 11) is 0. The second kappa shape index (κ2) is 6.31. The van der Waals surface area contributed by atoms with Crippen LogP contribution in [0.2, 0.25) is 0 Å². The van der Waals surface area contributed by atoms with Crippen LogP contribution >= 0.6 is 0 Å². The van der Waals surface area contributed by atoms with Crippen LogP contribution < -0.4 is 0 Å². The SMILES string of the molecule is CCOC(c1noc(C(C)C(O)C(F)(F)F)n1)C(C)(C)C. The third-order valence-corrected chi connectivity index (χ3v) is 3.01. The maximum atomic E-state index is 12.5. The lowest BCUT2D eigenvalue weighted by atomic mass is 9.88. The first-order valence-electron chi connectivity index (χ1n) is 6.68. The molecule has 1 aromatic rings. The van der Waals surface area contributed by atoms with Gasteiger partial charge in [0.05, 0.1) is 5.92 Å². The van der Waals surface area contributed by atoms with Gasteiger partial charge in [-0.25, -0.2) is 0 Å². The van der Waals surface area contributed by atoms with Crippen LogP contribution in [-0.2, 0) is 4.74 Å². The number of rotatable bonds is 5. The fraction of sp³-hybridized carbons (Fsp3) is 0.846. The maximum Gasteiger partial charge on any atom is 0.415 e. The topological polar surface area (TPSA) is 68.4 Å². The molecule has 1 heterocycles. The van der Waals surface area contributed by atoms with E-state index in [0.29, 0.717) is 6.61 Å². The van der Waals surface area contributed by atoms with Gasteiger partial charge < -0.3 is 14.4 Å². The highest BCUT2D eigenvalue weighted by Gasteiger charge is 2.44. The molecule has 0 bridgehead atoms. The Hall–Kier alpha value is -1.15. The molecule has 0 aromatic carbocycles. The molecule has 0 saturated carbocycles. The number of hydrogen-bond acceptors (Lipinski definition) is 5. The Morgan fingerprint density at radius 3 is 2.29 bits per heavy atom. The zero-order valence-electron chi connectivity index (χ0n) is 12.7. The molecule has 0 aliphatic carbocycles. The van der Waals surface area contributed by atoms with Gasteiger partial charge in [0, 0.05) is 6.61 Å². The molecular weight excluding hydrogens is 289 g/mol. The Bertz CT molecular complexity index is 454. The lowest BCUT2D eigenvalue weighted by molar-refractivity contribution is -0.210. The molecule has 1 aromatic heterocycles. The summed E-state index contributed by atoms with van der Waals surface area (Å²) in [5.74, 6) is -1.42. The predicted octanol–water partition coefficient (Wildman–Crippen LogP) is 3.22. The van der Waals surface area contributed by atoms with E-state index in [1.807, 2.05) is 20.8 Å². The van der Waals surface area contributed by atoms with Gasteiger partial charge in [-0.05, 0) is 12.3 Å². The number of ether oxygens (including phenoxy) is 1. The highest BCUT2D eigenvalue weighted by molar-refractivity contribution is 5.01. The molecule has 0 radical (unpaired) electrons. The van der Waals surface area contributed by atoms with Crippen LogP contribution in [0.5, 0.6) is 0 Å². The van der Waals surface area contributed by atoms with Gasteiger partial charge in [-0.15, -0.1) is 0 Å². The molecule has 0 spiro atoms. The fourth-order valence-electron chi connectivity index (χ4n) is 1.84. The number of alkyl halides is 3. The van der Waals surface area contributed by atoms with Gasteiger partial charge in [0.1, 0.15) is 6.10 Å². The van der Waals surface area contributed by atoms with E-state index >= 15 is 0 Å². The molecule has 8 heteroatoms. The second-order valence-corrected chi connectivity index (χ2v) is 5.97. The van der Waals surface area contributed by atoms with Gasteiger partial charge in [-0.3, -0.25) is 0 Å². The van der Waals surface area contributed by atoms with Crippen molar-refractivity contribution in [1.29, 1.82) is 0 Å². The van der Waals surface area contributed by atoms with Gasteiger partial charge >= 0.3 is 6.18 Å². The predicted molar refractivity (Wildman–Crippen MR) is 68.6 cm³/mol. The summed E-state index contributed by atoms with van der Waals surface area (Å²) in [6.07, 6.45) is -7.79. The lowest BCUT2D eigenvalue weighted by Gasteiger charge is -2.27. The number of aliphatic hydroxyl groups excluding tert-OH is 1. The van der Waals surface area contributed by atoms with Crippen LogP contribution in [0, 0.1) is 5.41 Å².